The molecule has 1 unspecified atom stereocenters. The van der Waals surface area contributed by atoms with E-state index in [0.717, 1.165) is 71.5 Å². The smallest absolute Gasteiger partial charge is 0.437 e. The quantitative estimate of drug-likeness (QED) is 0.144. The molecule has 0 spiro atoms. The average Bonchev–Trinajstić information content (AvgIpc) is 3.91. The number of hydrogen-bond donors (Lipinski definition) is 2. The molecule has 2 bridgehead atoms. The van der Waals surface area contributed by atoms with Crippen molar-refractivity contribution in [3.05, 3.63) is 75.9 Å². The number of carbonyl (C=O) groups excluding carboxylic acids is 2. The number of thiophene rings is 1. The summed E-state index contributed by atoms with van der Waals surface area (Å²) < 4.78 is 5.43. The van der Waals surface area contributed by atoms with Gasteiger partial charge in [0.25, 0.3) is 0 Å². The van der Waals surface area contributed by atoms with Crippen LogP contribution in [-0.2, 0) is 21.4 Å². The Labute approximate surface area is 299 Å². The van der Waals surface area contributed by atoms with E-state index >= 15 is 0 Å². The number of nitrogens with one attached hydrogen (secondary N) is 2. The summed E-state index contributed by atoms with van der Waals surface area (Å²) in [5.74, 6) is 1.14. The first-order valence-electron chi connectivity index (χ1n) is 18.2. The second kappa shape index (κ2) is 13.9. The van der Waals surface area contributed by atoms with Gasteiger partial charge in [0.05, 0.1) is 17.2 Å². The summed E-state index contributed by atoms with van der Waals surface area (Å²) in [6.45, 7) is 14.2. The predicted molar refractivity (Wildman–Crippen MR) is 201 cm³/mol. The van der Waals surface area contributed by atoms with E-state index in [1.54, 1.807) is 11.3 Å². The number of aromatic amines is 1. The van der Waals surface area contributed by atoms with E-state index in [4.69, 9.17) is 4.74 Å². The number of fused-ring (bicyclic) bond motifs is 3. The number of aliphatic imine (C=N–C) groups is 1. The van der Waals surface area contributed by atoms with Crippen LogP contribution in [-0.4, -0.2) is 75.5 Å². The van der Waals surface area contributed by atoms with Crippen LogP contribution in [0.25, 0.3) is 21.5 Å². The number of amides is 2. The van der Waals surface area contributed by atoms with Gasteiger partial charge in [0.1, 0.15) is 4.83 Å². The fourth-order valence-electron chi connectivity index (χ4n) is 8.33. The van der Waals surface area contributed by atoms with Crippen molar-refractivity contribution in [1.82, 2.24) is 25.1 Å². The monoisotopic (exact) mass is 694 g/mol. The Balaban J connectivity index is 1.17. The van der Waals surface area contributed by atoms with Gasteiger partial charge in [0.15, 0.2) is 0 Å². The van der Waals surface area contributed by atoms with Crippen molar-refractivity contribution in [2.75, 3.05) is 19.6 Å². The van der Waals surface area contributed by atoms with Gasteiger partial charge in [-0.05, 0) is 127 Å². The molecule has 6 heterocycles. The fraction of sp³-hybridized carbons (Fsp3) is 0.500. The summed E-state index contributed by atoms with van der Waals surface area (Å²) in [5, 5.41) is 4.70. The van der Waals surface area contributed by atoms with E-state index < -0.39 is 11.5 Å². The van der Waals surface area contributed by atoms with Gasteiger partial charge in [-0.1, -0.05) is 17.2 Å². The van der Waals surface area contributed by atoms with Gasteiger partial charge in [-0.25, -0.2) is 4.79 Å². The van der Waals surface area contributed by atoms with Crippen molar-refractivity contribution in [2.45, 2.75) is 110 Å². The van der Waals surface area contributed by atoms with Crippen LogP contribution in [0.2, 0.25) is 0 Å². The Bertz CT molecular complexity index is 1870. The van der Waals surface area contributed by atoms with Crippen LogP contribution in [0.4, 0.5) is 4.79 Å². The van der Waals surface area contributed by atoms with E-state index in [1.165, 1.54) is 22.3 Å². The standard InChI is InChI=1S/C40H50N6O3S/c1-24(2)49-39(48)44-38(45-18-14-28(23-45)27-11-15-41-16-12-27)42-17-13-32-33-22-34(40(5,6)37(47)46-30-7-8-31(46)10-9-30)50-36(33)43-35(32)29-20-25(3)19-26(4)21-29/h11-12,15-16,19-22,24,28,30-31,43H,7-10,13-14,17-18,23H2,1-6H3,(H,42,44,48). The van der Waals surface area contributed by atoms with E-state index in [9.17, 15) is 9.59 Å². The van der Waals surface area contributed by atoms with Gasteiger partial charge in [0, 0.05) is 60.3 Å². The highest BCUT2D eigenvalue weighted by Crippen LogP contribution is 2.44. The summed E-state index contributed by atoms with van der Waals surface area (Å²) in [4.78, 5) is 45.8. The molecule has 4 aromatic rings. The van der Waals surface area contributed by atoms with Crippen molar-refractivity contribution in [3.8, 4) is 11.3 Å². The largest absolute Gasteiger partial charge is 0.445 e. The molecule has 3 aliphatic heterocycles. The molecule has 3 fully saturated rings. The molecule has 1 atom stereocenters. The Morgan fingerprint density at radius 3 is 2.38 bits per heavy atom. The van der Waals surface area contributed by atoms with Crippen LogP contribution >= 0.6 is 11.3 Å². The van der Waals surface area contributed by atoms with Gasteiger partial charge in [-0.3, -0.25) is 9.78 Å². The normalized spacial score (nSPS) is 20.8. The van der Waals surface area contributed by atoms with Gasteiger partial charge < -0.3 is 24.8 Å². The van der Waals surface area contributed by atoms with Crippen molar-refractivity contribution in [1.29, 1.82) is 0 Å². The molecule has 3 aliphatic rings. The SMILES string of the molecule is Cc1cc(C)cc(-c2[nH]c3sc(C(C)(C)C(=O)N4C5CCC4CC5)cc3c2CCN/C(=N/C(=O)OC(C)C)N2CCC(c3ccncc3)C2)c1. The lowest BCUT2D eigenvalue weighted by Crippen LogP contribution is -2.45. The van der Waals surface area contributed by atoms with E-state index in [-0.39, 0.29) is 12.0 Å². The minimum atomic E-state index is -0.608. The molecule has 7 rings (SSSR count). The number of aryl methyl sites for hydroxylation is 2. The number of hydrogen-bond acceptors (Lipinski definition) is 5. The number of aromatic nitrogens is 2. The fourth-order valence-corrected chi connectivity index (χ4v) is 9.52. The summed E-state index contributed by atoms with van der Waals surface area (Å²) in [5.41, 5.74) is 6.51. The Kier molecular flexibility index (Phi) is 9.50. The van der Waals surface area contributed by atoms with Crippen LogP contribution in [0, 0.1) is 13.8 Å². The molecule has 3 saturated heterocycles. The number of H-pyrrole nitrogens is 1. The highest BCUT2D eigenvalue weighted by molar-refractivity contribution is 7.19. The first-order chi connectivity index (χ1) is 24.0. The Hall–Kier alpha value is -4.18. The maximum Gasteiger partial charge on any atom is 0.437 e. The molecule has 2 N–H and O–H groups in total. The minimum Gasteiger partial charge on any atom is -0.445 e. The number of benzene rings is 1. The molecule has 2 amide bonds. The lowest BCUT2D eigenvalue weighted by atomic mass is 9.88. The highest BCUT2D eigenvalue weighted by atomic mass is 32.1. The number of carbonyl (C=O) groups is 2. The second-order valence-corrected chi connectivity index (χ2v) is 16.3. The summed E-state index contributed by atoms with van der Waals surface area (Å²) in [6, 6.07) is 13.8. The Morgan fingerprint density at radius 1 is 1.04 bits per heavy atom. The molecular formula is C40H50N6O3S. The van der Waals surface area contributed by atoms with E-state index in [1.807, 2.05) is 26.2 Å². The first kappa shape index (κ1) is 34.3. The summed E-state index contributed by atoms with van der Waals surface area (Å²) >= 11 is 1.70. The zero-order valence-electron chi connectivity index (χ0n) is 30.2. The van der Waals surface area contributed by atoms with Crippen molar-refractivity contribution >= 4 is 39.5 Å². The summed E-state index contributed by atoms with van der Waals surface area (Å²) in [6.07, 6.45) is 9.02. The van der Waals surface area contributed by atoms with Crippen molar-refractivity contribution in [2.24, 2.45) is 4.99 Å². The minimum absolute atomic E-state index is 0.256. The highest BCUT2D eigenvalue weighted by Gasteiger charge is 2.47. The van der Waals surface area contributed by atoms with Crippen molar-refractivity contribution in [3.63, 3.8) is 0 Å². The zero-order valence-corrected chi connectivity index (χ0v) is 31.0. The molecule has 10 heteroatoms. The lowest BCUT2D eigenvalue weighted by molar-refractivity contribution is -0.137. The number of pyridine rings is 1. The molecule has 0 aliphatic carbocycles. The molecule has 50 heavy (non-hydrogen) atoms. The molecule has 264 valence electrons. The number of rotatable bonds is 8. The Morgan fingerprint density at radius 2 is 1.72 bits per heavy atom. The third kappa shape index (κ3) is 6.78. The molecular weight excluding hydrogens is 645 g/mol. The van der Waals surface area contributed by atoms with Crippen molar-refractivity contribution < 1.29 is 14.3 Å². The number of likely N-dealkylation sites (tertiary alicyclic amines) is 1. The van der Waals surface area contributed by atoms with E-state index in [2.05, 4.69) is 94.2 Å². The topological polar surface area (TPSA) is 103 Å². The lowest BCUT2D eigenvalue weighted by Gasteiger charge is -2.31. The van der Waals surface area contributed by atoms with Gasteiger partial charge in [0.2, 0.25) is 11.9 Å². The van der Waals surface area contributed by atoms with Gasteiger partial charge in [-0.2, -0.15) is 0 Å². The first-order valence-corrected chi connectivity index (χ1v) is 19.0. The third-order valence-electron chi connectivity index (χ3n) is 10.8. The molecule has 3 aromatic heterocycles. The van der Waals surface area contributed by atoms with Crippen LogP contribution in [0.15, 0.2) is 53.8 Å². The number of nitrogens with zero attached hydrogens (tertiary/aromatic N) is 4. The predicted octanol–water partition coefficient (Wildman–Crippen LogP) is 7.86. The van der Waals surface area contributed by atoms with Gasteiger partial charge in [-0.15, -0.1) is 16.3 Å². The van der Waals surface area contributed by atoms with Crippen LogP contribution in [0.5, 0.6) is 0 Å². The molecule has 0 saturated carbocycles. The average molecular weight is 695 g/mol. The van der Waals surface area contributed by atoms with E-state index in [0.29, 0.717) is 36.9 Å². The van der Waals surface area contributed by atoms with Gasteiger partial charge >= 0.3 is 6.09 Å². The van der Waals surface area contributed by atoms with Crippen LogP contribution < -0.4 is 5.32 Å². The van der Waals surface area contributed by atoms with Crippen LogP contribution in [0.3, 0.4) is 0 Å². The second-order valence-electron chi connectivity index (χ2n) is 15.3. The number of guanidine groups is 1. The molecule has 1 aromatic carbocycles. The number of ether oxygens (including phenoxy) is 1. The summed E-state index contributed by atoms with van der Waals surface area (Å²) in [7, 11) is 0. The van der Waals surface area contributed by atoms with Crippen LogP contribution in [0.1, 0.15) is 92.8 Å². The zero-order chi connectivity index (χ0) is 35.2. The maximum atomic E-state index is 14.1. The molecule has 9 nitrogen and oxygen atoms in total. The maximum absolute atomic E-state index is 14.1. The molecule has 0 radical (unpaired) electrons. The third-order valence-corrected chi connectivity index (χ3v) is 12.2.